The summed E-state index contributed by atoms with van der Waals surface area (Å²) in [5.41, 5.74) is 0.296. The van der Waals surface area contributed by atoms with Crippen LogP contribution in [0.1, 0.15) is 18.2 Å². The van der Waals surface area contributed by atoms with Crippen molar-refractivity contribution in [3.05, 3.63) is 68.0 Å². The summed E-state index contributed by atoms with van der Waals surface area (Å²) in [4.78, 5) is 32.2. The molecule has 0 amide bonds. The van der Waals surface area contributed by atoms with Gasteiger partial charge in [-0.15, -0.1) is 0 Å². The number of nitrogens with zero attached hydrogens (tertiary/aromatic N) is 2. The van der Waals surface area contributed by atoms with Crippen LogP contribution < -0.4 is 0 Å². The van der Waals surface area contributed by atoms with Crippen molar-refractivity contribution in [2.24, 2.45) is 0 Å². The van der Waals surface area contributed by atoms with Crippen LogP contribution in [-0.2, 0) is 9.53 Å². The summed E-state index contributed by atoms with van der Waals surface area (Å²) in [5, 5.41) is 21.3. The molecule has 0 unspecified atom stereocenters. The Hall–Kier alpha value is -3.49. The summed E-state index contributed by atoms with van der Waals surface area (Å²) < 4.78 is 9.94. The zero-order chi connectivity index (χ0) is 17.7. The van der Waals surface area contributed by atoms with E-state index in [1.54, 1.807) is 6.92 Å². The Balaban J connectivity index is 2.43. The van der Waals surface area contributed by atoms with Crippen LogP contribution in [0.4, 0.5) is 11.6 Å². The number of carbonyl (C=O) groups excluding carboxylic acids is 1. The highest BCUT2D eigenvalue weighted by Crippen LogP contribution is 2.25. The van der Waals surface area contributed by atoms with Crippen molar-refractivity contribution in [1.29, 1.82) is 0 Å². The van der Waals surface area contributed by atoms with Gasteiger partial charge in [-0.3, -0.25) is 20.2 Å². The number of nitro benzene ring substituents is 1. The number of carbonyl (C=O) groups is 1. The summed E-state index contributed by atoms with van der Waals surface area (Å²) in [5.74, 6) is -1.05. The third kappa shape index (κ3) is 3.83. The van der Waals surface area contributed by atoms with Crippen molar-refractivity contribution in [3.63, 3.8) is 0 Å². The smallest absolute Gasteiger partial charge is 0.433 e. The van der Waals surface area contributed by atoms with Crippen LogP contribution in [0.2, 0.25) is 0 Å². The van der Waals surface area contributed by atoms with E-state index >= 15 is 0 Å². The fourth-order valence-electron chi connectivity index (χ4n) is 1.89. The molecule has 0 aliphatic rings. The molecule has 0 bridgehead atoms. The van der Waals surface area contributed by atoms with Gasteiger partial charge in [0.05, 0.1) is 23.2 Å². The van der Waals surface area contributed by atoms with Crippen molar-refractivity contribution in [2.75, 3.05) is 6.61 Å². The molecular formula is C15H12N2O7. The highest BCUT2D eigenvalue weighted by atomic mass is 16.6. The lowest BCUT2D eigenvalue weighted by Crippen LogP contribution is -2.06. The molecule has 0 aliphatic heterocycles. The fraction of sp³-hybridized carbons (Fsp3) is 0.133. The minimum Gasteiger partial charge on any atom is -0.462 e. The van der Waals surface area contributed by atoms with Crippen LogP contribution in [0.5, 0.6) is 0 Å². The lowest BCUT2D eigenvalue weighted by Gasteiger charge is -2.06. The molecule has 9 nitrogen and oxygen atoms in total. The lowest BCUT2D eigenvalue weighted by atomic mass is 10.0. The Kier molecular flexibility index (Phi) is 5.05. The van der Waals surface area contributed by atoms with Crippen molar-refractivity contribution in [3.8, 4) is 0 Å². The standard InChI is InChI=1S/C15H12N2O7/c1-2-23-15(18)13(9-12-7-8-14(24-12)17(21)22)10-3-5-11(6-4-10)16(19)20/h3-9H,2H2,1H3. The zero-order valence-corrected chi connectivity index (χ0v) is 12.5. The van der Waals surface area contributed by atoms with Crippen molar-refractivity contribution >= 4 is 29.2 Å². The number of hydrogen-bond donors (Lipinski definition) is 0. The number of furan rings is 1. The first-order chi connectivity index (χ1) is 11.4. The SMILES string of the molecule is CCOC(=O)C(=Cc1ccc([N+](=O)[O-])o1)c1ccc([N+](=O)[O-])cc1. The number of benzene rings is 1. The number of esters is 1. The van der Waals surface area contributed by atoms with Gasteiger partial charge in [0.1, 0.15) is 10.7 Å². The predicted molar refractivity (Wildman–Crippen MR) is 83.0 cm³/mol. The molecule has 0 saturated carbocycles. The molecule has 0 aliphatic carbocycles. The van der Waals surface area contributed by atoms with E-state index < -0.39 is 21.7 Å². The van der Waals surface area contributed by atoms with Gasteiger partial charge in [-0.2, -0.15) is 0 Å². The normalized spacial score (nSPS) is 11.1. The van der Waals surface area contributed by atoms with E-state index in [4.69, 9.17) is 9.15 Å². The Labute approximate surface area is 135 Å². The average Bonchev–Trinajstić information content (AvgIpc) is 3.02. The van der Waals surface area contributed by atoms with Crippen LogP contribution in [-0.4, -0.2) is 22.4 Å². The summed E-state index contributed by atoms with van der Waals surface area (Å²) >= 11 is 0. The molecule has 0 radical (unpaired) electrons. The summed E-state index contributed by atoms with van der Waals surface area (Å²) in [6, 6.07) is 7.75. The molecule has 2 aromatic rings. The second-order valence-electron chi connectivity index (χ2n) is 4.52. The summed E-state index contributed by atoms with van der Waals surface area (Å²) in [6.45, 7) is 1.75. The molecule has 1 heterocycles. The van der Waals surface area contributed by atoms with Crippen LogP contribution in [0.25, 0.3) is 11.6 Å². The minimum atomic E-state index is -0.701. The molecule has 0 spiro atoms. The first kappa shape index (κ1) is 16.9. The molecule has 0 fully saturated rings. The average molecular weight is 332 g/mol. The van der Waals surface area contributed by atoms with Gasteiger partial charge < -0.3 is 9.15 Å². The Bertz CT molecular complexity index is 805. The quantitative estimate of drug-likeness (QED) is 0.344. The lowest BCUT2D eigenvalue weighted by molar-refractivity contribution is -0.402. The molecule has 0 atom stereocenters. The van der Waals surface area contributed by atoms with Gasteiger partial charge in [0, 0.05) is 12.1 Å². The maximum Gasteiger partial charge on any atom is 0.433 e. The van der Waals surface area contributed by atoms with Gasteiger partial charge in [-0.1, -0.05) is 0 Å². The van der Waals surface area contributed by atoms with E-state index in [9.17, 15) is 25.0 Å². The number of rotatable bonds is 6. The van der Waals surface area contributed by atoms with Crippen molar-refractivity contribution < 1.29 is 23.8 Å². The number of nitro groups is 2. The number of ether oxygens (including phenoxy) is 1. The van der Waals surface area contributed by atoms with E-state index in [1.165, 1.54) is 36.4 Å². The largest absolute Gasteiger partial charge is 0.462 e. The highest BCUT2D eigenvalue weighted by molar-refractivity contribution is 6.21. The van der Waals surface area contributed by atoms with Crippen molar-refractivity contribution in [1.82, 2.24) is 0 Å². The Morgan fingerprint density at radius 3 is 2.29 bits per heavy atom. The van der Waals surface area contributed by atoms with Crippen molar-refractivity contribution in [2.45, 2.75) is 6.92 Å². The second-order valence-corrected chi connectivity index (χ2v) is 4.52. The molecular weight excluding hydrogens is 320 g/mol. The van der Waals surface area contributed by atoms with E-state index in [1.807, 2.05) is 0 Å². The maximum absolute atomic E-state index is 12.1. The van der Waals surface area contributed by atoms with Crippen LogP contribution in [0.3, 0.4) is 0 Å². The molecule has 124 valence electrons. The van der Waals surface area contributed by atoms with E-state index in [-0.39, 0.29) is 23.6 Å². The molecule has 1 aromatic carbocycles. The Morgan fingerprint density at radius 2 is 1.79 bits per heavy atom. The summed E-state index contributed by atoms with van der Waals surface area (Å²) in [7, 11) is 0. The molecule has 1 aromatic heterocycles. The van der Waals surface area contributed by atoms with Gasteiger partial charge in [0.25, 0.3) is 5.69 Å². The van der Waals surface area contributed by atoms with Gasteiger partial charge in [0.2, 0.25) is 0 Å². The van der Waals surface area contributed by atoms with Gasteiger partial charge in [-0.25, -0.2) is 4.79 Å². The van der Waals surface area contributed by atoms with Gasteiger partial charge >= 0.3 is 11.9 Å². The molecule has 0 saturated heterocycles. The third-order valence-electron chi connectivity index (χ3n) is 2.96. The topological polar surface area (TPSA) is 126 Å². The predicted octanol–water partition coefficient (Wildman–Crippen LogP) is 3.20. The second kappa shape index (κ2) is 7.18. The molecule has 9 heteroatoms. The minimum absolute atomic E-state index is 0.0657. The van der Waals surface area contributed by atoms with Crippen LogP contribution >= 0.6 is 0 Å². The molecule has 24 heavy (non-hydrogen) atoms. The fourth-order valence-corrected chi connectivity index (χ4v) is 1.89. The van der Waals surface area contributed by atoms with E-state index in [0.717, 1.165) is 6.07 Å². The zero-order valence-electron chi connectivity index (χ0n) is 12.5. The monoisotopic (exact) mass is 332 g/mol. The highest BCUT2D eigenvalue weighted by Gasteiger charge is 2.17. The third-order valence-corrected chi connectivity index (χ3v) is 2.96. The number of hydrogen-bond acceptors (Lipinski definition) is 7. The number of non-ortho nitro benzene ring substituents is 1. The molecule has 2 rings (SSSR count). The van der Waals surface area contributed by atoms with Gasteiger partial charge in [0.15, 0.2) is 0 Å². The molecule has 0 N–H and O–H groups in total. The first-order valence-corrected chi connectivity index (χ1v) is 6.80. The first-order valence-electron chi connectivity index (χ1n) is 6.80. The van der Waals surface area contributed by atoms with Crippen LogP contribution in [0, 0.1) is 20.2 Å². The summed E-state index contributed by atoms with van der Waals surface area (Å²) in [6.07, 6.45) is 1.28. The van der Waals surface area contributed by atoms with Crippen LogP contribution in [0.15, 0.2) is 40.8 Å². The van der Waals surface area contributed by atoms with E-state index in [2.05, 4.69) is 0 Å². The van der Waals surface area contributed by atoms with Gasteiger partial charge in [-0.05, 0) is 36.8 Å². The Morgan fingerprint density at radius 1 is 1.12 bits per heavy atom. The van der Waals surface area contributed by atoms with E-state index in [0.29, 0.717) is 5.56 Å². The maximum atomic E-state index is 12.1.